The van der Waals surface area contributed by atoms with E-state index in [9.17, 15) is 22.0 Å². The van der Waals surface area contributed by atoms with Crippen molar-refractivity contribution in [3.63, 3.8) is 0 Å². The maximum atomic E-state index is 12.8. The third kappa shape index (κ3) is 3.10. The Labute approximate surface area is 105 Å². The molecule has 102 valence electrons. The third-order valence-electron chi connectivity index (χ3n) is 2.44. The molecule has 1 aromatic heterocycles. The summed E-state index contributed by atoms with van der Waals surface area (Å²) >= 11 is 0. The number of aromatic nitrogens is 2. The molecular formula is C12H9F5N2. The second-order valence-electron chi connectivity index (χ2n) is 3.87. The number of benzene rings is 1. The Kier molecular flexibility index (Phi) is 3.55. The van der Waals surface area contributed by atoms with Gasteiger partial charge in [-0.25, -0.2) is 8.78 Å². The smallest absolute Gasteiger partial charge is 0.266 e. The lowest BCUT2D eigenvalue weighted by molar-refractivity contribution is -0.141. The minimum absolute atomic E-state index is 0.200. The van der Waals surface area contributed by atoms with Crippen LogP contribution in [0.1, 0.15) is 5.69 Å². The average molecular weight is 276 g/mol. The van der Waals surface area contributed by atoms with Crippen LogP contribution in [0.25, 0.3) is 11.1 Å². The maximum Gasteiger partial charge on any atom is 0.435 e. The fraction of sp³-hybridized carbons (Fsp3) is 0.250. The molecule has 1 heterocycles. The summed E-state index contributed by atoms with van der Waals surface area (Å²) in [6.07, 6.45) is -6.45. The van der Waals surface area contributed by atoms with Crippen LogP contribution in [0.4, 0.5) is 22.0 Å². The summed E-state index contributed by atoms with van der Waals surface area (Å²) < 4.78 is 63.5. The quantitative estimate of drug-likeness (QED) is 0.779. The van der Waals surface area contributed by atoms with Gasteiger partial charge in [0.15, 0.2) is 5.69 Å². The predicted octanol–water partition coefficient (Wildman–Crippen LogP) is 3.83. The zero-order valence-electron chi connectivity index (χ0n) is 9.53. The molecule has 0 aliphatic heterocycles. The standard InChI is InChI=1S/C12H9F5N2/c13-10(14)7-19-6-9(8-4-2-1-3-5-8)11(18-19)12(15,16)17/h1-6,10H,7H2. The number of halogens is 5. The van der Waals surface area contributed by atoms with Gasteiger partial charge in [-0.3, -0.25) is 4.68 Å². The molecule has 19 heavy (non-hydrogen) atoms. The first-order valence-electron chi connectivity index (χ1n) is 5.36. The summed E-state index contributed by atoms with van der Waals surface area (Å²) in [6.45, 7) is -0.865. The van der Waals surface area contributed by atoms with Crippen LogP contribution in [0.2, 0.25) is 0 Å². The molecule has 0 radical (unpaired) electrons. The molecule has 0 spiro atoms. The summed E-state index contributed by atoms with van der Waals surface area (Å²) in [6, 6.07) is 7.73. The Hall–Kier alpha value is -1.92. The first kappa shape index (κ1) is 13.5. The van der Waals surface area contributed by atoms with Crippen LogP contribution < -0.4 is 0 Å². The lowest BCUT2D eigenvalue weighted by Crippen LogP contribution is -2.11. The third-order valence-corrected chi connectivity index (χ3v) is 2.44. The number of hydrogen-bond donors (Lipinski definition) is 0. The average Bonchev–Trinajstić information content (AvgIpc) is 2.73. The highest BCUT2D eigenvalue weighted by molar-refractivity contribution is 5.65. The summed E-state index contributed by atoms with van der Waals surface area (Å²) in [5.74, 6) is 0. The molecule has 0 aliphatic carbocycles. The minimum atomic E-state index is -4.68. The molecule has 0 aliphatic rings. The molecule has 2 aromatic rings. The van der Waals surface area contributed by atoms with Crippen molar-refractivity contribution in [3.05, 3.63) is 42.2 Å². The number of alkyl halides is 5. The molecule has 7 heteroatoms. The van der Waals surface area contributed by atoms with Gasteiger partial charge in [0.05, 0.1) is 0 Å². The van der Waals surface area contributed by atoms with Gasteiger partial charge in [-0.15, -0.1) is 0 Å². The van der Waals surface area contributed by atoms with E-state index in [-0.39, 0.29) is 11.1 Å². The van der Waals surface area contributed by atoms with Crippen molar-refractivity contribution in [2.45, 2.75) is 19.1 Å². The fourth-order valence-corrected chi connectivity index (χ4v) is 1.69. The van der Waals surface area contributed by atoms with Gasteiger partial charge in [0, 0.05) is 11.8 Å². The summed E-state index contributed by atoms with van der Waals surface area (Å²) in [4.78, 5) is 0. The first-order chi connectivity index (χ1) is 8.88. The van der Waals surface area contributed by atoms with Crippen LogP contribution in [0, 0.1) is 0 Å². The van der Waals surface area contributed by atoms with Crippen molar-refractivity contribution in [1.82, 2.24) is 9.78 Å². The normalized spacial score (nSPS) is 12.1. The zero-order valence-corrected chi connectivity index (χ0v) is 9.53. The highest BCUT2D eigenvalue weighted by Crippen LogP contribution is 2.35. The maximum absolute atomic E-state index is 12.8. The molecule has 2 rings (SSSR count). The second kappa shape index (κ2) is 4.99. The van der Waals surface area contributed by atoms with E-state index in [1.165, 1.54) is 12.1 Å². The van der Waals surface area contributed by atoms with E-state index in [4.69, 9.17) is 0 Å². The molecule has 2 nitrogen and oxygen atoms in total. The number of nitrogens with zero attached hydrogens (tertiary/aromatic N) is 2. The highest BCUT2D eigenvalue weighted by atomic mass is 19.4. The van der Waals surface area contributed by atoms with Gasteiger partial charge in [0.1, 0.15) is 6.54 Å². The summed E-state index contributed by atoms with van der Waals surface area (Å²) in [7, 11) is 0. The molecule has 0 saturated heterocycles. The molecule has 0 amide bonds. The van der Waals surface area contributed by atoms with Crippen molar-refractivity contribution in [2.24, 2.45) is 0 Å². The Morgan fingerprint density at radius 2 is 1.74 bits per heavy atom. The van der Waals surface area contributed by atoms with E-state index in [1.54, 1.807) is 18.2 Å². The van der Waals surface area contributed by atoms with Crippen molar-refractivity contribution in [3.8, 4) is 11.1 Å². The Bertz CT molecular complexity index is 545. The van der Waals surface area contributed by atoms with Gasteiger partial charge in [-0.1, -0.05) is 30.3 Å². The highest BCUT2D eigenvalue weighted by Gasteiger charge is 2.37. The number of hydrogen-bond acceptors (Lipinski definition) is 1. The van der Waals surface area contributed by atoms with Crippen molar-refractivity contribution >= 4 is 0 Å². The minimum Gasteiger partial charge on any atom is -0.266 e. The second-order valence-corrected chi connectivity index (χ2v) is 3.87. The van der Waals surface area contributed by atoms with Crippen molar-refractivity contribution < 1.29 is 22.0 Å². The fourth-order valence-electron chi connectivity index (χ4n) is 1.69. The van der Waals surface area contributed by atoms with Crippen LogP contribution >= 0.6 is 0 Å². The van der Waals surface area contributed by atoms with Gasteiger partial charge in [0.25, 0.3) is 6.43 Å². The SMILES string of the molecule is FC(F)Cn1cc(-c2ccccc2)c(C(F)(F)F)n1. The molecule has 0 N–H and O–H groups in total. The lowest BCUT2D eigenvalue weighted by Gasteiger charge is -2.05. The van der Waals surface area contributed by atoms with Crippen molar-refractivity contribution in [1.29, 1.82) is 0 Å². The molecule has 1 aromatic carbocycles. The lowest BCUT2D eigenvalue weighted by atomic mass is 10.1. The molecule has 0 fully saturated rings. The van der Waals surface area contributed by atoms with Gasteiger partial charge in [-0.05, 0) is 5.56 Å². The predicted molar refractivity (Wildman–Crippen MR) is 58.7 cm³/mol. The Morgan fingerprint density at radius 3 is 2.26 bits per heavy atom. The molecule has 0 bridgehead atoms. The van der Waals surface area contributed by atoms with E-state index in [1.807, 2.05) is 0 Å². The zero-order chi connectivity index (χ0) is 14.0. The topological polar surface area (TPSA) is 17.8 Å². The largest absolute Gasteiger partial charge is 0.435 e. The Morgan fingerprint density at radius 1 is 1.11 bits per heavy atom. The number of rotatable bonds is 3. The van der Waals surface area contributed by atoms with Gasteiger partial charge in [0.2, 0.25) is 0 Å². The van der Waals surface area contributed by atoms with E-state index in [2.05, 4.69) is 5.10 Å². The van der Waals surface area contributed by atoms with E-state index in [0.29, 0.717) is 4.68 Å². The van der Waals surface area contributed by atoms with Crippen molar-refractivity contribution in [2.75, 3.05) is 0 Å². The van der Waals surface area contributed by atoms with Crippen LogP contribution in [-0.2, 0) is 12.7 Å². The molecule has 0 unspecified atom stereocenters. The van der Waals surface area contributed by atoms with Crippen LogP contribution in [0.15, 0.2) is 36.5 Å². The van der Waals surface area contributed by atoms with Gasteiger partial charge in [-0.2, -0.15) is 18.3 Å². The van der Waals surface area contributed by atoms with Crippen LogP contribution in [-0.4, -0.2) is 16.2 Å². The van der Waals surface area contributed by atoms with E-state index < -0.39 is 24.8 Å². The first-order valence-corrected chi connectivity index (χ1v) is 5.36. The van der Waals surface area contributed by atoms with E-state index >= 15 is 0 Å². The molecular weight excluding hydrogens is 267 g/mol. The van der Waals surface area contributed by atoms with Crippen LogP contribution in [0.3, 0.4) is 0 Å². The molecule has 0 atom stereocenters. The Balaban J connectivity index is 2.49. The van der Waals surface area contributed by atoms with Gasteiger partial charge < -0.3 is 0 Å². The van der Waals surface area contributed by atoms with Gasteiger partial charge >= 0.3 is 6.18 Å². The van der Waals surface area contributed by atoms with Crippen LogP contribution in [0.5, 0.6) is 0 Å². The molecule has 0 saturated carbocycles. The summed E-state index contributed by atoms with van der Waals surface area (Å²) in [5, 5.41) is 3.21. The summed E-state index contributed by atoms with van der Waals surface area (Å²) in [5.41, 5.74) is -1.07. The monoisotopic (exact) mass is 276 g/mol. The van der Waals surface area contributed by atoms with E-state index in [0.717, 1.165) is 6.20 Å².